The van der Waals surface area contributed by atoms with Gasteiger partial charge in [-0.3, -0.25) is 4.40 Å². The van der Waals surface area contributed by atoms with Gasteiger partial charge in [-0.2, -0.15) is 0 Å². The van der Waals surface area contributed by atoms with Crippen molar-refractivity contribution in [2.24, 2.45) is 0 Å². The number of carbonyl (C=O) groups is 1. The number of urea groups is 1. The van der Waals surface area contributed by atoms with Crippen molar-refractivity contribution < 1.29 is 4.79 Å². The van der Waals surface area contributed by atoms with Gasteiger partial charge in [-0.05, 0) is 6.92 Å². The number of imidazole rings is 1. The van der Waals surface area contributed by atoms with Crippen molar-refractivity contribution in [3.8, 4) is 0 Å². The normalized spacial score (nSPS) is 19.8. The van der Waals surface area contributed by atoms with Crippen molar-refractivity contribution in [1.82, 2.24) is 24.9 Å². The molecule has 3 heterocycles. The minimum Gasteiger partial charge on any atom is -0.332 e. The fraction of sp³-hybridized carbons (Fsp3) is 0.500. The molecule has 0 spiro atoms. The van der Waals surface area contributed by atoms with E-state index in [0.717, 1.165) is 30.3 Å². The number of nitrogens with zero attached hydrogens (tertiary/aromatic N) is 3. The first-order valence-corrected chi connectivity index (χ1v) is 7.27. The fourth-order valence-electron chi connectivity index (χ4n) is 2.30. The van der Waals surface area contributed by atoms with E-state index >= 15 is 0 Å². The van der Waals surface area contributed by atoms with Gasteiger partial charge in [-0.1, -0.05) is 0 Å². The number of amides is 2. The number of carbonyl (C=O) groups excluding carboxylic acids is 1. The van der Waals surface area contributed by atoms with Crippen LogP contribution in [0, 0.1) is 0 Å². The molecule has 0 saturated carbocycles. The summed E-state index contributed by atoms with van der Waals surface area (Å²) in [6, 6.07) is 0.358. The molecule has 19 heavy (non-hydrogen) atoms. The predicted molar refractivity (Wildman–Crippen MR) is 74.3 cm³/mol. The summed E-state index contributed by atoms with van der Waals surface area (Å²) in [5.74, 6) is 0. The van der Waals surface area contributed by atoms with E-state index in [-0.39, 0.29) is 6.03 Å². The Morgan fingerprint density at radius 3 is 3.42 bits per heavy atom. The van der Waals surface area contributed by atoms with Crippen LogP contribution in [0.5, 0.6) is 0 Å². The smallest absolute Gasteiger partial charge is 0.317 e. The molecular formula is C12H17N5OS. The van der Waals surface area contributed by atoms with Gasteiger partial charge in [0.15, 0.2) is 4.96 Å². The van der Waals surface area contributed by atoms with Crippen LogP contribution in [-0.4, -0.2) is 46.0 Å². The third-order valence-corrected chi connectivity index (χ3v) is 4.07. The van der Waals surface area contributed by atoms with Crippen LogP contribution >= 0.6 is 11.3 Å². The molecule has 2 aromatic heterocycles. The molecule has 1 saturated heterocycles. The van der Waals surface area contributed by atoms with E-state index in [9.17, 15) is 4.79 Å². The Balaban J connectivity index is 1.60. The second kappa shape index (κ2) is 5.18. The lowest BCUT2D eigenvalue weighted by atomic mass is 10.2. The first kappa shape index (κ1) is 12.4. The minimum atomic E-state index is -0.00136. The van der Waals surface area contributed by atoms with Crippen LogP contribution in [0.25, 0.3) is 4.96 Å². The number of hydrogen-bond acceptors (Lipinski definition) is 4. The number of fused-ring (bicyclic) bond motifs is 1. The number of rotatable bonds is 2. The van der Waals surface area contributed by atoms with E-state index in [1.807, 2.05) is 27.1 Å². The molecule has 0 aliphatic carbocycles. The first-order chi connectivity index (χ1) is 9.24. The predicted octanol–water partition coefficient (Wildman–Crippen LogP) is 0.899. The molecular weight excluding hydrogens is 262 g/mol. The van der Waals surface area contributed by atoms with E-state index < -0.39 is 0 Å². The highest BCUT2D eigenvalue weighted by atomic mass is 32.1. The number of thiazole rings is 1. The Bertz CT molecular complexity index is 577. The molecule has 7 heteroatoms. The zero-order chi connectivity index (χ0) is 13.2. The Morgan fingerprint density at radius 1 is 1.68 bits per heavy atom. The monoisotopic (exact) mass is 279 g/mol. The molecule has 1 aliphatic rings. The zero-order valence-electron chi connectivity index (χ0n) is 10.8. The Morgan fingerprint density at radius 2 is 2.58 bits per heavy atom. The summed E-state index contributed by atoms with van der Waals surface area (Å²) < 4.78 is 2.01. The van der Waals surface area contributed by atoms with Crippen molar-refractivity contribution in [3.63, 3.8) is 0 Å². The lowest BCUT2D eigenvalue weighted by molar-refractivity contribution is 0.179. The molecule has 2 N–H and O–H groups in total. The SMILES string of the molecule is CC1CN(C(=O)NCc2cnc3sccn23)CCN1. The van der Waals surface area contributed by atoms with Crippen LogP contribution < -0.4 is 10.6 Å². The van der Waals surface area contributed by atoms with Crippen molar-refractivity contribution in [1.29, 1.82) is 0 Å². The molecule has 1 unspecified atom stereocenters. The number of hydrogen-bond donors (Lipinski definition) is 2. The molecule has 0 bridgehead atoms. The molecule has 2 amide bonds. The molecule has 102 valence electrons. The first-order valence-electron chi connectivity index (χ1n) is 6.39. The highest BCUT2D eigenvalue weighted by Crippen LogP contribution is 2.12. The standard InChI is InChI=1S/C12H17N5OS/c1-9-8-16(3-2-13-9)11(18)14-6-10-7-15-12-17(10)4-5-19-12/h4-5,7,9,13H,2-3,6,8H2,1H3,(H,14,18). The maximum Gasteiger partial charge on any atom is 0.317 e. The highest BCUT2D eigenvalue weighted by molar-refractivity contribution is 7.15. The minimum absolute atomic E-state index is 0.00136. The van der Waals surface area contributed by atoms with E-state index in [1.165, 1.54) is 0 Å². The maximum absolute atomic E-state index is 12.1. The van der Waals surface area contributed by atoms with Gasteiger partial charge < -0.3 is 15.5 Å². The van der Waals surface area contributed by atoms with Crippen molar-refractivity contribution >= 4 is 22.3 Å². The van der Waals surface area contributed by atoms with Crippen LogP contribution in [0.4, 0.5) is 4.79 Å². The van der Waals surface area contributed by atoms with Crippen LogP contribution in [-0.2, 0) is 6.54 Å². The van der Waals surface area contributed by atoms with Crippen LogP contribution in [0.15, 0.2) is 17.8 Å². The summed E-state index contributed by atoms with van der Waals surface area (Å²) in [5.41, 5.74) is 1.01. The van der Waals surface area contributed by atoms with Gasteiger partial charge in [0.1, 0.15) is 0 Å². The van der Waals surface area contributed by atoms with Crippen LogP contribution in [0.3, 0.4) is 0 Å². The molecule has 2 aromatic rings. The van der Waals surface area contributed by atoms with Gasteiger partial charge in [0.05, 0.1) is 18.4 Å². The molecule has 1 fully saturated rings. The summed E-state index contributed by atoms with van der Waals surface area (Å²) in [6.07, 6.45) is 3.79. The molecule has 0 radical (unpaired) electrons. The fourth-order valence-corrected chi connectivity index (χ4v) is 3.01. The summed E-state index contributed by atoms with van der Waals surface area (Å²) in [6.45, 7) is 4.97. The van der Waals surface area contributed by atoms with E-state index in [4.69, 9.17) is 0 Å². The quantitative estimate of drug-likeness (QED) is 0.858. The molecule has 1 atom stereocenters. The summed E-state index contributed by atoms with van der Waals surface area (Å²) >= 11 is 1.59. The average molecular weight is 279 g/mol. The lowest BCUT2D eigenvalue weighted by Crippen LogP contribution is -2.53. The summed E-state index contributed by atoms with van der Waals surface area (Å²) in [7, 11) is 0. The maximum atomic E-state index is 12.1. The van der Waals surface area contributed by atoms with Gasteiger partial charge in [-0.25, -0.2) is 9.78 Å². The second-order valence-corrected chi connectivity index (χ2v) is 5.64. The van der Waals surface area contributed by atoms with E-state index in [2.05, 4.69) is 22.5 Å². The third kappa shape index (κ3) is 2.57. The van der Waals surface area contributed by atoms with Crippen LogP contribution in [0.2, 0.25) is 0 Å². The van der Waals surface area contributed by atoms with Gasteiger partial charge in [0.2, 0.25) is 0 Å². The number of nitrogens with one attached hydrogen (secondary N) is 2. The summed E-state index contributed by atoms with van der Waals surface area (Å²) in [5, 5.41) is 8.27. The molecule has 3 rings (SSSR count). The zero-order valence-corrected chi connectivity index (χ0v) is 11.6. The molecule has 1 aliphatic heterocycles. The topological polar surface area (TPSA) is 61.7 Å². The van der Waals surface area contributed by atoms with Gasteiger partial charge >= 0.3 is 6.03 Å². The second-order valence-electron chi connectivity index (χ2n) is 4.77. The number of piperazine rings is 1. The van der Waals surface area contributed by atoms with Crippen molar-refractivity contribution in [2.45, 2.75) is 19.5 Å². The Labute approximate surface area is 115 Å². The summed E-state index contributed by atoms with van der Waals surface area (Å²) in [4.78, 5) is 19.2. The average Bonchev–Trinajstić information content (AvgIpc) is 2.99. The molecule has 6 nitrogen and oxygen atoms in total. The molecule has 0 aromatic carbocycles. The van der Waals surface area contributed by atoms with Crippen molar-refractivity contribution in [2.75, 3.05) is 19.6 Å². The van der Waals surface area contributed by atoms with Crippen molar-refractivity contribution in [3.05, 3.63) is 23.5 Å². The van der Waals surface area contributed by atoms with Gasteiger partial charge in [0.25, 0.3) is 0 Å². The van der Waals surface area contributed by atoms with E-state index in [1.54, 1.807) is 11.3 Å². The van der Waals surface area contributed by atoms with E-state index in [0.29, 0.717) is 12.6 Å². The van der Waals surface area contributed by atoms with Gasteiger partial charge in [-0.15, -0.1) is 11.3 Å². The lowest BCUT2D eigenvalue weighted by Gasteiger charge is -2.31. The third-order valence-electron chi connectivity index (χ3n) is 3.30. The highest BCUT2D eigenvalue weighted by Gasteiger charge is 2.20. The largest absolute Gasteiger partial charge is 0.332 e. The number of aromatic nitrogens is 2. The Hall–Kier alpha value is -1.60. The van der Waals surface area contributed by atoms with Crippen LogP contribution in [0.1, 0.15) is 12.6 Å². The Kier molecular flexibility index (Phi) is 3.39. The van der Waals surface area contributed by atoms with Gasteiger partial charge in [0, 0.05) is 37.3 Å².